The van der Waals surface area contributed by atoms with Gasteiger partial charge in [-0.1, -0.05) is 6.07 Å². The van der Waals surface area contributed by atoms with E-state index in [4.69, 9.17) is 18.7 Å². The van der Waals surface area contributed by atoms with Gasteiger partial charge in [0.15, 0.2) is 12.2 Å². The third kappa shape index (κ3) is 6.32. The molecule has 0 spiro atoms. The summed E-state index contributed by atoms with van der Waals surface area (Å²) in [5.74, 6) is -0.489. The molecule has 1 aromatic heterocycles. The molecule has 2 fully saturated rings. The smallest absolute Gasteiger partial charge is 0.422 e. The fourth-order valence-corrected chi connectivity index (χ4v) is 4.73. The summed E-state index contributed by atoms with van der Waals surface area (Å²) in [7, 11) is 0. The van der Waals surface area contributed by atoms with E-state index in [0.717, 1.165) is 38.9 Å². The minimum Gasteiger partial charge on any atom is -0.483 e. The molecule has 1 aromatic carbocycles. The van der Waals surface area contributed by atoms with Crippen molar-refractivity contribution in [2.45, 2.75) is 31.9 Å². The van der Waals surface area contributed by atoms with Gasteiger partial charge in [-0.3, -0.25) is 4.79 Å². The summed E-state index contributed by atoms with van der Waals surface area (Å²) in [5, 5.41) is 13.6. The average Bonchev–Trinajstić information content (AvgIpc) is 3.22. The number of likely N-dealkylation sites (tertiary alicyclic amines) is 1. The van der Waals surface area contributed by atoms with E-state index in [9.17, 15) is 23.1 Å². The highest BCUT2D eigenvalue weighted by Gasteiger charge is 2.33. The van der Waals surface area contributed by atoms with Crippen LogP contribution in [0.4, 0.5) is 13.2 Å². The Morgan fingerprint density at radius 1 is 1.21 bits per heavy atom. The van der Waals surface area contributed by atoms with Crippen LogP contribution in [0.5, 0.6) is 11.6 Å². The SMILES string of the molecule is O=C(O)C1CCOCC1CN1CCC(CCOc2noc3cccc(OCC(F)(F)F)c23)CC1. The number of halogens is 3. The second-order valence-corrected chi connectivity index (χ2v) is 8.97. The van der Waals surface area contributed by atoms with E-state index in [2.05, 4.69) is 10.1 Å². The summed E-state index contributed by atoms with van der Waals surface area (Å²) in [6, 6.07) is 4.56. The first kappa shape index (κ1) is 24.6. The van der Waals surface area contributed by atoms with Gasteiger partial charge in [-0.2, -0.15) is 13.2 Å². The molecule has 2 unspecified atom stereocenters. The molecule has 8 nitrogen and oxygen atoms in total. The summed E-state index contributed by atoms with van der Waals surface area (Å²) in [5.41, 5.74) is 0.300. The van der Waals surface area contributed by atoms with Crippen molar-refractivity contribution in [2.24, 2.45) is 17.8 Å². The second-order valence-electron chi connectivity index (χ2n) is 8.97. The van der Waals surface area contributed by atoms with Gasteiger partial charge < -0.3 is 28.7 Å². The van der Waals surface area contributed by atoms with E-state index < -0.39 is 18.8 Å². The molecular formula is C23H29F3N2O6. The quantitative estimate of drug-likeness (QED) is 0.569. The van der Waals surface area contributed by atoms with Crippen molar-refractivity contribution in [2.75, 3.05) is 46.1 Å². The van der Waals surface area contributed by atoms with Crippen molar-refractivity contribution in [3.8, 4) is 11.6 Å². The maximum atomic E-state index is 12.6. The van der Waals surface area contributed by atoms with E-state index in [0.29, 0.717) is 43.1 Å². The third-order valence-corrected chi connectivity index (χ3v) is 6.58. The fourth-order valence-electron chi connectivity index (χ4n) is 4.73. The lowest BCUT2D eigenvalue weighted by atomic mass is 9.86. The maximum absolute atomic E-state index is 12.6. The third-order valence-electron chi connectivity index (χ3n) is 6.58. The van der Waals surface area contributed by atoms with Gasteiger partial charge in [0.1, 0.15) is 11.1 Å². The summed E-state index contributed by atoms with van der Waals surface area (Å²) < 4.78 is 59.0. The largest absolute Gasteiger partial charge is 0.483 e. The lowest BCUT2D eigenvalue weighted by Crippen LogP contribution is -2.44. The summed E-state index contributed by atoms with van der Waals surface area (Å²) in [6.45, 7) is 2.45. The number of carboxylic acid groups (broad SMARTS) is 1. The van der Waals surface area contributed by atoms with Crippen LogP contribution in [0.2, 0.25) is 0 Å². The van der Waals surface area contributed by atoms with Crippen LogP contribution in [0.1, 0.15) is 25.7 Å². The van der Waals surface area contributed by atoms with Crippen LogP contribution in [0.3, 0.4) is 0 Å². The number of aromatic nitrogens is 1. The minimum atomic E-state index is -4.45. The monoisotopic (exact) mass is 486 g/mol. The molecule has 34 heavy (non-hydrogen) atoms. The number of nitrogens with zero attached hydrogens (tertiary/aromatic N) is 2. The topological polar surface area (TPSA) is 94.3 Å². The Morgan fingerprint density at radius 2 is 2.00 bits per heavy atom. The van der Waals surface area contributed by atoms with Crippen LogP contribution in [0, 0.1) is 17.8 Å². The second kappa shape index (κ2) is 10.8. The van der Waals surface area contributed by atoms with Crippen LogP contribution in [-0.4, -0.2) is 73.4 Å². The number of alkyl halides is 3. The summed E-state index contributed by atoms with van der Waals surface area (Å²) in [4.78, 5) is 13.8. The molecule has 1 N–H and O–H groups in total. The Morgan fingerprint density at radius 3 is 2.74 bits per heavy atom. The van der Waals surface area contributed by atoms with E-state index in [1.54, 1.807) is 6.07 Å². The van der Waals surface area contributed by atoms with Crippen LogP contribution >= 0.6 is 0 Å². The molecular weight excluding hydrogens is 457 g/mol. The molecule has 2 aliphatic heterocycles. The van der Waals surface area contributed by atoms with Crippen LogP contribution in [-0.2, 0) is 9.53 Å². The molecule has 188 valence electrons. The van der Waals surface area contributed by atoms with Crippen LogP contribution in [0.15, 0.2) is 22.7 Å². The highest BCUT2D eigenvalue weighted by molar-refractivity contribution is 5.88. The van der Waals surface area contributed by atoms with Gasteiger partial charge in [0.05, 0.1) is 19.1 Å². The standard InChI is InChI=1S/C23H29F3N2O6/c24-23(25,26)14-33-18-2-1-3-19-20(18)21(27-34-19)32-11-6-15-4-8-28(9-5-15)12-16-13-31-10-7-17(16)22(29)30/h1-3,15-17H,4-14H2,(H,29,30). The highest BCUT2D eigenvalue weighted by atomic mass is 19.4. The lowest BCUT2D eigenvalue weighted by Gasteiger charge is -2.37. The molecule has 0 aliphatic carbocycles. The van der Waals surface area contributed by atoms with Crippen LogP contribution in [0.25, 0.3) is 11.0 Å². The predicted molar refractivity (Wildman–Crippen MR) is 115 cm³/mol. The number of ether oxygens (including phenoxy) is 3. The molecule has 0 radical (unpaired) electrons. The van der Waals surface area contributed by atoms with Crippen molar-refractivity contribution in [3.05, 3.63) is 18.2 Å². The minimum absolute atomic E-state index is 0.0142. The van der Waals surface area contributed by atoms with Crippen LogP contribution < -0.4 is 9.47 Å². The van der Waals surface area contributed by atoms with Gasteiger partial charge in [0.25, 0.3) is 5.88 Å². The van der Waals surface area contributed by atoms with Gasteiger partial charge in [-0.15, -0.1) is 0 Å². The van der Waals surface area contributed by atoms with Gasteiger partial charge in [-0.25, -0.2) is 0 Å². The Kier molecular flexibility index (Phi) is 7.82. The van der Waals surface area contributed by atoms with Gasteiger partial charge >= 0.3 is 12.1 Å². The van der Waals surface area contributed by atoms with E-state index in [1.807, 2.05) is 0 Å². The number of benzene rings is 1. The Bertz CT molecular complexity index is 958. The van der Waals surface area contributed by atoms with E-state index in [-0.39, 0.29) is 23.5 Å². The first-order valence-electron chi connectivity index (χ1n) is 11.5. The lowest BCUT2D eigenvalue weighted by molar-refractivity contribution is -0.153. The fraction of sp³-hybridized carbons (Fsp3) is 0.652. The zero-order valence-corrected chi connectivity index (χ0v) is 18.8. The van der Waals surface area contributed by atoms with E-state index in [1.165, 1.54) is 12.1 Å². The molecule has 0 amide bonds. The maximum Gasteiger partial charge on any atom is 0.422 e. The molecule has 0 bridgehead atoms. The Labute approximate surface area is 194 Å². The number of fused-ring (bicyclic) bond motifs is 1. The number of aliphatic carboxylic acids is 1. The first-order chi connectivity index (χ1) is 16.3. The van der Waals surface area contributed by atoms with Crippen molar-refractivity contribution < 1.29 is 41.8 Å². The number of carboxylic acids is 1. The van der Waals surface area contributed by atoms with Gasteiger partial charge in [0.2, 0.25) is 0 Å². The van der Waals surface area contributed by atoms with Crippen molar-refractivity contribution in [3.63, 3.8) is 0 Å². The first-order valence-corrected chi connectivity index (χ1v) is 11.5. The number of rotatable bonds is 9. The Hall–Kier alpha value is -2.53. The molecule has 2 aliphatic rings. The van der Waals surface area contributed by atoms with Crippen molar-refractivity contribution in [1.82, 2.24) is 10.1 Å². The number of carbonyl (C=O) groups is 1. The van der Waals surface area contributed by atoms with Gasteiger partial charge in [0, 0.05) is 19.1 Å². The molecule has 2 aromatic rings. The number of hydrogen-bond donors (Lipinski definition) is 1. The molecule has 2 atom stereocenters. The predicted octanol–water partition coefficient (Wildman–Crippen LogP) is 3.99. The summed E-state index contributed by atoms with van der Waals surface area (Å²) >= 11 is 0. The zero-order valence-electron chi connectivity index (χ0n) is 18.8. The van der Waals surface area contributed by atoms with Crippen molar-refractivity contribution >= 4 is 16.9 Å². The summed E-state index contributed by atoms with van der Waals surface area (Å²) in [6.07, 6.45) is -1.18. The number of piperidine rings is 1. The zero-order chi connectivity index (χ0) is 24.1. The van der Waals surface area contributed by atoms with E-state index >= 15 is 0 Å². The van der Waals surface area contributed by atoms with Crippen molar-refractivity contribution in [1.29, 1.82) is 0 Å². The molecule has 0 saturated carbocycles. The average molecular weight is 486 g/mol. The molecule has 4 rings (SSSR count). The normalized spacial score (nSPS) is 22.7. The molecule has 11 heteroatoms. The number of hydrogen-bond acceptors (Lipinski definition) is 7. The Balaban J connectivity index is 1.24. The van der Waals surface area contributed by atoms with Gasteiger partial charge in [-0.05, 0) is 62.0 Å². The molecule has 3 heterocycles. The highest BCUT2D eigenvalue weighted by Crippen LogP contribution is 2.35. The molecule has 2 saturated heterocycles.